The van der Waals surface area contributed by atoms with E-state index in [1.165, 1.54) is 19.1 Å². The van der Waals surface area contributed by atoms with E-state index in [2.05, 4.69) is 10.2 Å². The molecule has 1 aromatic carbocycles. The summed E-state index contributed by atoms with van der Waals surface area (Å²) in [6, 6.07) is 7.83. The molecule has 6 heteroatoms. The molecule has 0 radical (unpaired) electrons. The molecule has 4 rings (SSSR count). The molecule has 0 aliphatic heterocycles. The van der Waals surface area contributed by atoms with E-state index in [0.29, 0.717) is 17.1 Å². The topological polar surface area (TPSA) is 82.8 Å². The largest absolute Gasteiger partial charge is 0.480 e. The van der Waals surface area contributed by atoms with E-state index >= 15 is 0 Å². The number of nitrogens with zero attached hydrogens (tertiary/aromatic N) is 1. The number of aliphatic carboxylic acids is 1. The van der Waals surface area contributed by atoms with Gasteiger partial charge in [-0.05, 0) is 37.7 Å². The highest BCUT2D eigenvalue weighted by Crippen LogP contribution is 2.34. The number of carboxylic acid groups (broad SMARTS) is 1. The van der Waals surface area contributed by atoms with Gasteiger partial charge < -0.3 is 14.8 Å². The van der Waals surface area contributed by atoms with Crippen molar-refractivity contribution in [3.63, 3.8) is 0 Å². The van der Waals surface area contributed by atoms with Crippen molar-refractivity contribution in [1.82, 2.24) is 10.2 Å². The number of fused-ring (bicyclic) bond motifs is 1. The Bertz CT molecular complexity index is 790. The first-order valence-electron chi connectivity index (χ1n) is 8.83. The van der Waals surface area contributed by atoms with Crippen LogP contribution in [0.1, 0.15) is 36.0 Å². The van der Waals surface area contributed by atoms with E-state index in [1.54, 1.807) is 0 Å². The lowest BCUT2D eigenvalue weighted by Crippen LogP contribution is -2.55. The number of para-hydroxylation sites is 1. The van der Waals surface area contributed by atoms with Gasteiger partial charge in [-0.1, -0.05) is 18.2 Å². The van der Waals surface area contributed by atoms with E-state index < -0.39 is 5.97 Å². The Morgan fingerprint density at radius 3 is 2.72 bits per heavy atom. The quantitative estimate of drug-likeness (QED) is 0.808. The number of amides is 1. The second-order valence-electron chi connectivity index (χ2n) is 7.21. The molecule has 2 aliphatic rings. The molecule has 0 saturated heterocycles. The smallest absolute Gasteiger partial charge is 0.317 e. The highest BCUT2D eigenvalue weighted by molar-refractivity contribution is 6.06. The van der Waals surface area contributed by atoms with Crippen LogP contribution in [0.25, 0.3) is 11.0 Å². The Morgan fingerprint density at radius 2 is 2.00 bits per heavy atom. The SMILES string of the molecule is O=C(O)CN(CC1CC1)C1CC(NC(=O)c2coc3ccccc23)C1. The monoisotopic (exact) mass is 342 g/mol. The highest BCUT2D eigenvalue weighted by Gasteiger charge is 2.38. The van der Waals surface area contributed by atoms with Crippen molar-refractivity contribution in [2.45, 2.75) is 37.8 Å². The van der Waals surface area contributed by atoms with Gasteiger partial charge in [0.25, 0.3) is 5.91 Å². The van der Waals surface area contributed by atoms with Gasteiger partial charge in [0.2, 0.25) is 0 Å². The van der Waals surface area contributed by atoms with Crippen LogP contribution in [0, 0.1) is 5.92 Å². The van der Waals surface area contributed by atoms with Gasteiger partial charge in [0.05, 0.1) is 12.1 Å². The van der Waals surface area contributed by atoms with Crippen LogP contribution in [-0.2, 0) is 4.79 Å². The molecule has 2 aliphatic carbocycles. The number of hydrogen-bond donors (Lipinski definition) is 2. The van der Waals surface area contributed by atoms with Crippen LogP contribution in [0.2, 0.25) is 0 Å². The number of nitrogens with one attached hydrogen (secondary N) is 1. The van der Waals surface area contributed by atoms with Crippen LogP contribution >= 0.6 is 0 Å². The van der Waals surface area contributed by atoms with Crippen molar-refractivity contribution >= 4 is 22.8 Å². The van der Waals surface area contributed by atoms with Gasteiger partial charge in [-0.2, -0.15) is 0 Å². The Balaban J connectivity index is 1.34. The van der Waals surface area contributed by atoms with E-state index in [4.69, 9.17) is 9.52 Å². The maximum absolute atomic E-state index is 12.5. The summed E-state index contributed by atoms with van der Waals surface area (Å²) in [6.45, 7) is 0.957. The second-order valence-corrected chi connectivity index (χ2v) is 7.21. The van der Waals surface area contributed by atoms with E-state index in [1.807, 2.05) is 24.3 Å². The van der Waals surface area contributed by atoms with Crippen LogP contribution < -0.4 is 5.32 Å². The van der Waals surface area contributed by atoms with E-state index in [9.17, 15) is 9.59 Å². The lowest BCUT2D eigenvalue weighted by molar-refractivity contribution is -0.139. The number of carbonyl (C=O) groups is 2. The first-order chi connectivity index (χ1) is 12.1. The first kappa shape index (κ1) is 16.1. The Labute approximate surface area is 145 Å². The third-order valence-electron chi connectivity index (χ3n) is 5.22. The minimum atomic E-state index is -0.780. The summed E-state index contributed by atoms with van der Waals surface area (Å²) in [6.07, 6.45) is 5.52. The van der Waals surface area contributed by atoms with E-state index in [-0.39, 0.29) is 24.5 Å². The number of rotatable bonds is 7. The Kier molecular flexibility index (Phi) is 4.21. The summed E-state index contributed by atoms with van der Waals surface area (Å²) in [7, 11) is 0. The van der Waals surface area contributed by atoms with Gasteiger partial charge >= 0.3 is 5.97 Å². The number of furan rings is 1. The molecule has 0 bridgehead atoms. The summed E-state index contributed by atoms with van der Waals surface area (Å²) < 4.78 is 5.42. The van der Waals surface area contributed by atoms with Crippen LogP contribution in [0.3, 0.4) is 0 Å². The summed E-state index contributed by atoms with van der Waals surface area (Å²) in [4.78, 5) is 25.6. The molecule has 1 heterocycles. The fourth-order valence-corrected chi connectivity index (χ4v) is 3.57. The summed E-state index contributed by atoms with van der Waals surface area (Å²) in [5.74, 6) is -0.247. The fraction of sp³-hybridized carbons (Fsp3) is 0.474. The van der Waals surface area contributed by atoms with Gasteiger partial charge in [0, 0.05) is 24.0 Å². The van der Waals surface area contributed by atoms with Crippen molar-refractivity contribution < 1.29 is 19.1 Å². The molecule has 2 fully saturated rings. The van der Waals surface area contributed by atoms with Gasteiger partial charge in [-0.3, -0.25) is 14.5 Å². The number of carboxylic acids is 1. The maximum atomic E-state index is 12.5. The zero-order valence-electron chi connectivity index (χ0n) is 14.0. The Morgan fingerprint density at radius 1 is 1.24 bits per heavy atom. The number of carbonyl (C=O) groups excluding carboxylic acids is 1. The normalized spacial score (nSPS) is 22.8. The first-order valence-corrected chi connectivity index (χ1v) is 8.83. The molecule has 132 valence electrons. The van der Waals surface area contributed by atoms with Crippen molar-refractivity contribution in [3.05, 3.63) is 36.1 Å². The lowest BCUT2D eigenvalue weighted by Gasteiger charge is -2.42. The van der Waals surface area contributed by atoms with Crippen molar-refractivity contribution in [3.8, 4) is 0 Å². The van der Waals surface area contributed by atoms with Gasteiger partial charge in [0.15, 0.2) is 0 Å². The van der Waals surface area contributed by atoms with Crippen LogP contribution in [-0.4, -0.2) is 47.1 Å². The zero-order chi connectivity index (χ0) is 17.4. The number of hydrogen-bond acceptors (Lipinski definition) is 4. The molecule has 0 atom stereocenters. The average Bonchev–Trinajstić information content (AvgIpc) is 3.24. The maximum Gasteiger partial charge on any atom is 0.317 e. The summed E-state index contributed by atoms with van der Waals surface area (Å²) in [5.41, 5.74) is 1.26. The zero-order valence-corrected chi connectivity index (χ0v) is 14.0. The lowest BCUT2D eigenvalue weighted by atomic mass is 9.85. The van der Waals surface area contributed by atoms with Crippen molar-refractivity contribution in [2.24, 2.45) is 5.92 Å². The third-order valence-corrected chi connectivity index (χ3v) is 5.22. The van der Waals surface area contributed by atoms with Crippen molar-refractivity contribution in [2.75, 3.05) is 13.1 Å². The summed E-state index contributed by atoms with van der Waals surface area (Å²) in [5, 5.41) is 13.0. The minimum absolute atomic E-state index is 0.0915. The average molecular weight is 342 g/mol. The second kappa shape index (κ2) is 6.52. The molecule has 25 heavy (non-hydrogen) atoms. The van der Waals surface area contributed by atoms with Crippen molar-refractivity contribution in [1.29, 1.82) is 0 Å². The van der Waals surface area contributed by atoms with Gasteiger partial charge in [-0.15, -0.1) is 0 Å². The van der Waals surface area contributed by atoms with E-state index in [0.717, 1.165) is 24.8 Å². The Hall–Kier alpha value is -2.34. The van der Waals surface area contributed by atoms with Crippen LogP contribution in [0.4, 0.5) is 0 Å². The predicted octanol–water partition coefficient (Wildman–Crippen LogP) is 2.49. The van der Waals surface area contributed by atoms with Gasteiger partial charge in [0.1, 0.15) is 11.8 Å². The molecule has 0 spiro atoms. The molecular formula is C19H22N2O4. The molecule has 6 nitrogen and oxygen atoms in total. The fourth-order valence-electron chi connectivity index (χ4n) is 3.57. The molecule has 2 N–H and O–H groups in total. The molecular weight excluding hydrogens is 320 g/mol. The highest BCUT2D eigenvalue weighted by atomic mass is 16.4. The van der Waals surface area contributed by atoms with Crippen LogP contribution in [0.15, 0.2) is 34.9 Å². The molecule has 2 aromatic rings. The molecule has 1 aromatic heterocycles. The summed E-state index contributed by atoms with van der Waals surface area (Å²) >= 11 is 0. The molecule has 2 saturated carbocycles. The molecule has 0 unspecified atom stereocenters. The predicted molar refractivity (Wildman–Crippen MR) is 92.4 cm³/mol. The third kappa shape index (κ3) is 3.54. The standard InChI is InChI=1S/C19H22N2O4/c22-18(23)10-21(9-12-5-6-12)14-7-13(8-14)20-19(24)16-11-25-17-4-2-1-3-15(16)17/h1-4,11-14H,5-10H2,(H,20,24)(H,22,23). The molecule has 1 amide bonds. The van der Waals surface area contributed by atoms with Gasteiger partial charge in [-0.25, -0.2) is 0 Å². The number of benzene rings is 1. The van der Waals surface area contributed by atoms with Crippen LogP contribution in [0.5, 0.6) is 0 Å². The minimum Gasteiger partial charge on any atom is -0.480 e.